The molecule has 1 aliphatic rings. The molecule has 1 aliphatic heterocycles. The van der Waals surface area contributed by atoms with Gasteiger partial charge in [0.25, 0.3) is 0 Å². The van der Waals surface area contributed by atoms with Crippen LogP contribution >= 0.6 is 0 Å². The molecule has 0 spiro atoms. The van der Waals surface area contributed by atoms with Crippen LogP contribution in [0.4, 0.5) is 5.69 Å². The lowest BCUT2D eigenvalue weighted by molar-refractivity contribution is 0.363. The highest BCUT2D eigenvalue weighted by Crippen LogP contribution is 2.28. The highest BCUT2D eigenvalue weighted by atomic mass is 15.1. The normalized spacial score (nSPS) is 13.7. The van der Waals surface area contributed by atoms with Crippen LogP contribution in [0.2, 0.25) is 0 Å². The van der Waals surface area contributed by atoms with Gasteiger partial charge in [0.15, 0.2) is 0 Å². The second kappa shape index (κ2) is 8.46. The third-order valence-corrected chi connectivity index (χ3v) is 4.63. The molecule has 2 nitrogen and oxygen atoms in total. The van der Waals surface area contributed by atoms with Crippen molar-refractivity contribution in [2.45, 2.75) is 40.4 Å². The van der Waals surface area contributed by atoms with Gasteiger partial charge in [-0.3, -0.25) is 4.90 Å². The van der Waals surface area contributed by atoms with Crippen LogP contribution in [-0.4, -0.2) is 18.5 Å². The third-order valence-electron chi connectivity index (χ3n) is 4.63. The lowest BCUT2D eigenvalue weighted by Gasteiger charge is -2.20. The van der Waals surface area contributed by atoms with Crippen LogP contribution in [0.5, 0.6) is 0 Å². The molecule has 0 saturated carbocycles. The first-order valence-corrected chi connectivity index (χ1v) is 9.68. The Hall–Kier alpha value is -2.50. The highest BCUT2D eigenvalue weighted by Gasteiger charge is 2.18. The SMILES string of the molecule is CN(C/C=C/C#CC(C)(C)C)Cc1cccc(N2Cc3ccccc3C2)c1. The summed E-state index contributed by atoms with van der Waals surface area (Å²) in [6.07, 6.45) is 4.11. The number of anilines is 1. The van der Waals surface area contributed by atoms with Crippen LogP contribution in [0.25, 0.3) is 0 Å². The molecular weight excluding hydrogens is 328 g/mol. The molecule has 0 aromatic heterocycles. The molecule has 3 rings (SSSR count). The van der Waals surface area contributed by atoms with Crippen LogP contribution in [0.15, 0.2) is 60.7 Å². The van der Waals surface area contributed by atoms with E-state index in [1.165, 1.54) is 22.4 Å². The zero-order valence-corrected chi connectivity index (χ0v) is 17.0. The first-order chi connectivity index (χ1) is 12.9. The van der Waals surface area contributed by atoms with Gasteiger partial charge in [-0.2, -0.15) is 0 Å². The van der Waals surface area contributed by atoms with Crippen LogP contribution in [-0.2, 0) is 19.6 Å². The fraction of sp³-hybridized carbons (Fsp3) is 0.360. The van der Waals surface area contributed by atoms with E-state index in [0.717, 1.165) is 26.2 Å². The van der Waals surface area contributed by atoms with Crippen molar-refractivity contribution in [1.29, 1.82) is 0 Å². The number of allylic oxidation sites excluding steroid dienone is 1. The Labute approximate surface area is 164 Å². The molecule has 2 aromatic rings. The summed E-state index contributed by atoms with van der Waals surface area (Å²) in [6, 6.07) is 17.7. The van der Waals surface area contributed by atoms with Gasteiger partial charge >= 0.3 is 0 Å². The Bertz CT molecular complexity index is 837. The largest absolute Gasteiger partial charge is 0.363 e. The maximum absolute atomic E-state index is 3.23. The van der Waals surface area contributed by atoms with Crippen LogP contribution in [0.3, 0.4) is 0 Å². The fourth-order valence-electron chi connectivity index (χ4n) is 3.29. The Morgan fingerprint density at radius 2 is 1.74 bits per heavy atom. The number of nitrogens with zero attached hydrogens (tertiary/aromatic N) is 2. The smallest absolute Gasteiger partial charge is 0.0436 e. The predicted molar refractivity (Wildman–Crippen MR) is 115 cm³/mol. The second-order valence-electron chi connectivity index (χ2n) is 8.41. The molecule has 1 heterocycles. The molecule has 0 N–H and O–H groups in total. The fourth-order valence-corrected chi connectivity index (χ4v) is 3.29. The van der Waals surface area contributed by atoms with E-state index in [9.17, 15) is 0 Å². The van der Waals surface area contributed by atoms with Crippen LogP contribution in [0.1, 0.15) is 37.5 Å². The molecule has 0 unspecified atom stereocenters. The maximum Gasteiger partial charge on any atom is 0.0436 e. The van der Waals surface area contributed by atoms with E-state index in [2.05, 4.69) is 104 Å². The maximum atomic E-state index is 3.23. The molecule has 0 saturated heterocycles. The monoisotopic (exact) mass is 358 g/mol. The molecule has 2 aromatic carbocycles. The summed E-state index contributed by atoms with van der Waals surface area (Å²) >= 11 is 0. The summed E-state index contributed by atoms with van der Waals surface area (Å²) < 4.78 is 0. The average Bonchev–Trinajstić information content (AvgIpc) is 3.05. The van der Waals surface area contributed by atoms with E-state index in [1.54, 1.807) is 0 Å². The van der Waals surface area contributed by atoms with Crippen molar-refractivity contribution >= 4 is 5.69 Å². The van der Waals surface area contributed by atoms with Crippen molar-refractivity contribution in [2.75, 3.05) is 18.5 Å². The Kier molecular flexibility index (Phi) is 6.04. The zero-order chi connectivity index (χ0) is 19.3. The van der Waals surface area contributed by atoms with E-state index in [4.69, 9.17) is 0 Å². The topological polar surface area (TPSA) is 6.48 Å². The van der Waals surface area contributed by atoms with Gasteiger partial charge in [0.05, 0.1) is 0 Å². The van der Waals surface area contributed by atoms with Crippen molar-refractivity contribution in [3.05, 3.63) is 77.4 Å². The van der Waals surface area contributed by atoms with Crippen molar-refractivity contribution < 1.29 is 0 Å². The molecule has 140 valence electrons. The van der Waals surface area contributed by atoms with E-state index in [-0.39, 0.29) is 5.41 Å². The van der Waals surface area contributed by atoms with Crippen molar-refractivity contribution in [3.63, 3.8) is 0 Å². The summed E-state index contributed by atoms with van der Waals surface area (Å²) in [5, 5.41) is 0. The van der Waals surface area contributed by atoms with E-state index in [0.29, 0.717) is 0 Å². The van der Waals surface area contributed by atoms with E-state index < -0.39 is 0 Å². The predicted octanol–water partition coefficient (Wildman–Crippen LogP) is 5.24. The number of hydrogen-bond acceptors (Lipinski definition) is 2. The minimum atomic E-state index is 0.0614. The van der Waals surface area contributed by atoms with Gasteiger partial charge in [0.1, 0.15) is 0 Å². The number of hydrogen-bond donors (Lipinski definition) is 0. The minimum absolute atomic E-state index is 0.0614. The summed E-state index contributed by atoms with van der Waals surface area (Å²) in [4.78, 5) is 4.77. The lowest BCUT2D eigenvalue weighted by Crippen LogP contribution is -2.18. The molecule has 2 heteroatoms. The van der Waals surface area contributed by atoms with E-state index in [1.807, 2.05) is 6.08 Å². The third kappa shape index (κ3) is 5.74. The number of likely N-dealkylation sites (N-methyl/N-ethyl adjacent to an activating group) is 1. The van der Waals surface area contributed by atoms with Crippen molar-refractivity contribution in [1.82, 2.24) is 4.90 Å². The van der Waals surface area contributed by atoms with Crippen molar-refractivity contribution in [3.8, 4) is 11.8 Å². The quantitative estimate of drug-likeness (QED) is 0.674. The van der Waals surface area contributed by atoms with Gasteiger partial charge in [-0.15, -0.1) is 0 Å². The van der Waals surface area contributed by atoms with Crippen molar-refractivity contribution in [2.24, 2.45) is 5.41 Å². The second-order valence-corrected chi connectivity index (χ2v) is 8.41. The van der Waals surface area contributed by atoms with Crippen LogP contribution < -0.4 is 4.90 Å². The van der Waals surface area contributed by atoms with E-state index >= 15 is 0 Å². The van der Waals surface area contributed by atoms with Gasteiger partial charge in [0.2, 0.25) is 0 Å². The zero-order valence-electron chi connectivity index (χ0n) is 17.0. The van der Waals surface area contributed by atoms with Crippen LogP contribution in [0, 0.1) is 17.3 Å². The number of benzene rings is 2. The molecular formula is C25H30N2. The van der Waals surface area contributed by atoms with Gasteiger partial charge in [-0.25, -0.2) is 0 Å². The molecule has 27 heavy (non-hydrogen) atoms. The lowest BCUT2D eigenvalue weighted by atomic mass is 9.98. The summed E-state index contributed by atoms with van der Waals surface area (Å²) in [5.74, 6) is 6.37. The average molecular weight is 359 g/mol. The molecule has 0 amide bonds. The standard InChI is InChI=1S/C25H30N2/c1-25(2,3)15-8-5-9-16-26(4)18-21-11-10-14-24(17-21)27-19-22-12-6-7-13-23(22)20-27/h5-7,9-14,17H,16,18-20H2,1-4H3/b9-5+. The summed E-state index contributed by atoms with van der Waals surface area (Å²) in [5.41, 5.74) is 5.61. The molecule has 0 aliphatic carbocycles. The van der Waals surface area contributed by atoms with Gasteiger partial charge in [0, 0.05) is 37.3 Å². The first-order valence-electron chi connectivity index (χ1n) is 9.68. The first kappa shape index (κ1) is 19.3. The van der Waals surface area contributed by atoms with Gasteiger partial charge in [-0.1, -0.05) is 54.3 Å². The Morgan fingerprint density at radius 3 is 2.41 bits per heavy atom. The van der Waals surface area contributed by atoms with Gasteiger partial charge in [-0.05, 0) is 62.7 Å². The highest BCUT2D eigenvalue weighted by molar-refractivity contribution is 5.53. The summed E-state index contributed by atoms with van der Waals surface area (Å²) in [6.45, 7) is 10.2. The molecule has 0 atom stereocenters. The molecule has 0 radical (unpaired) electrons. The van der Waals surface area contributed by atoms with Gasteiger partial charge < -0.3 is 4.90 Å². The number of rotatable bonds is 5. The number of fused-ring (bicyclic) bond motifs is 1. The molecule has 0 fully saturated rings. The minimum Gasteiger partial charge on any atom is -0.363 e. The molecule has 0 bridgehead atoms. The Morgan fingerprint density at radius 1 is 1.04 bits per heavy atom. The summed E-state index contributed by atoms with van der Waals surface area (Å²) in [7, 11) is 2.15. The Balaban J connectivity index is 1.56.